The van der Waals surface area contributed by atoms with Crippen molar-refractivity contribution in [2.45, 2.75) is 24.9 Å². The number of carbonyl (C=O) groups is 1. The summed E-state index contributed by atoms with van der Waals surface area (Å²) in [5.41, 5.74) is 3.81. The summed E-state index contributed by atoms with van der Waals surface area (Å²) < 4.78 is 3.01. The smallest absolute Gasteiger partial charge is 0.289 e. The highest BCUT2D eigenvalue weighted by Crippen LogP contribution is 2.50. The Morgan fingerprint density at radius 3 is 2.34 bits per heavy atom. The van der Waals surface area contributed by atoms with Gasteiger partial charge >= 0.3 is 5.69 Å². The molecule has 160 valence electrons. The van der Waals surface area contributed by atoms with E-state index in [-0.39, 0.29) is 29.8 Å². The number of carbonyl (C=O) groups excluding carboxylic acids is 1. The van der Waals surface area contributed by atoms with E-state index >= 15 is 0 Å². The molecule has 3 aromatic carbocycles. The molecule has 1 aromatic heterocycles. The summed E-state index contributed by atoms with van der Waals surface area (Å²) in [7, 11) is 0. The van der Waals surface area contributed by atoms with Crippen LogP contribution >= 0.6 is 0 Å². The van der Waals surface area contributed by atoms with Crippen molar-refractivity contribution in [2.75, 3.05) is 0 Å². The van der Waals surface area contributed by atoms with Gasteiger partial charge in [0.25, 0.3) is 11.5 Å². The standard InChI is InChI=1S/C25H21N3O4/c29-23(26-32)18-12-10-16(11-13-18)15-27-21-9-5-4-8-19(21)24(30)28(25(27)31)22-14-20(22)17-6-2-1-3-7-17/h1-13,20,22,32H,14-15H2,(H,26,29). The van der Waals surface area contributed by atoms with E-state index in [2.05, 4.69) is 0 Å². The van der Waals surface area contributed by atoms with Crippen molar-refractivity contribution >= 4 is 16.8 Å². The Labute approximate surface area is 183 Å². The molecular formula is C25H21N3O4. The number of nitrogens with zero attached hydrogens (tertiary/aromatic N) is 2. The third kappa shape index (κ3) is 3.42. The van der Waals surface area contributed by atoms with Crippen molar-refractivity contribution in [3.05, 3.63) is 116 Å². The van der Waals surface area contributed by atoms with Gasteiger partial charge in [-0.3, -0.25) is 23.9 Å². The maximum Gasteiger partial charge on any atom is 0.332 e. The minimum Gasteiger partial charge on any atom is -0.289 e. The minimum atomic E-state index is -0.603. The predicted octanol–water partition coefficient (Wildman–Crippen LogP) is 3.06. The lowest BCUT2D eigenvalue weighted by molar-refractivity contribution is 0.0706. The van der Waals surface area contributed by atoms with Crippen molar-refractivity contribution < 1.29 is 10.0 Å². The third-order valence-corrected chi connectivity index (χ3v) is 6.06. The van der Waals surface area contributed by atoms with Crippen LogP contribution in [0.4, 0.5) is 0 Å². The van der Waals surface area contributed by atoms with E-state index in [0.29, 0.717) is 16.5 Å². The molecule has 0 bridgehead atoms. The highest BCUT2D eigenvalue weighted by Gasteiger charge is 2.42. The van der Waals surface area contributed by atoms with Crippen molar-refractivity contribution in [1.29, 1.82) is 0 Å². The zero-order valence-corrected chi connectivity index (χ0v) is 17.1. The first-order chi connectivity index (χ1) is 15.6. The van der Waals surface area contributed by atoms with Crippen LogP contribution in [-0.4, -0.2) is 20.2 Å². The van der Waals surface area contributed by atoms with Gasteiger partial charge in [0, 0.05) is 17.5 Å². The first kappa shape index (κ1) is 20.0. The molecule has 1 amide bonds. The number of amides is 1. The molecule has 2 N–H and O–H groups in total. The molecule has 2 atom stereocenters. The van der Waals surface area contributed by atoms with E-state index in [9.17, 15) is 14.4 Å². The largest absolute Gasteiger partial charge is 0.332 e. The van der Waals surface area contributed by atoms with Gasteiger partial charge in [-0.2, -0.15) is 0 Å². The van der Waals surface area contributed by atoms with E-state index in [1.807, 2.05) is 30.3 Å². The molecular weight excluding hydrogens is 406 g/mol. The van der Waals surface area contributed by atoms with E-state index in [4.69, 9.17) is 5.21 Å². The second-order valence-corrected chi connectivity index (χ2v) is 8.02. The fraction of sp³-hybridized carbons (Fsp3) is 0.160. The molecule has 5 rings (SSSR count). The summed E-state index contributed by atoms with van der Waals surface area (Å²) >= 11 is 0. The fourth-order valence-electron chi connectivity index (χ4n) is 4.32. The molecule has 0 saturated heterocycles. The number of fused-ring (bicyclic) bond motifs is 1. The zero-order chi connectivity index (χ0) is 22.2. The lowest BCUT2D eigenvalue weighted by Crippen LogP contribution is -2.40. The Kier molecular flexibility index (Phi) is 4.95. The third-order valence-electron chi connectivity index (χ3n) is 6.06. The maximum absolute atomic E-state index is 13.5. The molecule has 7 heteroatoms. The number of hydrogen-bond donors (Lipinski definition) is 2. The molecule has 32 heavy (non-hydrogen) atoms. The Hall–Kier alpha value is -3.97. The molecule has 7 nitrogen and oxygen atoms in total. The number of hydroxylamine groups is 1. The SMILES string of the molecule is O=C(NO)c1ccc(Cn2c(=O)n(C3CC3c3ccccc3)c(=O)c3ccccc32)cc1. The Bertz CT molecular complexity index is 1420. The number of rotatable bonds is 5. The number of hydrogen-bond acceptors (Lipinski definition) is 4. The second kappa shape index (κ2) is 7.94. The molecule has 1 aliphatic rings. The minimum absolute atomic E-state index is 0.146. The van der Waals surface area contributed by atoms with Gasteiger partial charge in [0.1, 0.15) is 0 Å². The van der Waals surface area contributed by atoms with E-state index in [1.54, 1.807) is 58.6 Å². The lowest BCUT2D eigenvalue weighted by atomic mass is 10.1. The predicted molar refractivity (Wildman–Crippen MR) is 120 cm³/mol. The molecule has 4 aromatic rings. The first-order valence-electron chi connectivity index (χ1n) is 10.4. The van der Waals surface area contributed by atoms with Gasteiger partial charge in [-0.25, -0.2) is 10.3 Å². The quantitative estimate of drug-likeness (QED) is 0.378. The van der Waals surface area contributed by atoms with E-state index in [1.165, 1.54) is 4.57 Å². The molecule has 0 aliphatic heterocycles. The van der Waals surface area contributed by atoms with Gasteiger partial charge in [-0.15, -0.1) is 0 Å². The molecule has 0 spiro atoms. The van der Waals surface area contributed by atoms with Crippen LogP contribution in [0.2, 0.25) is 0 Å². The summed E-state index contributed by atoms with van der Waals surface area (Å²) in [4.78, 5) is 38.3. The number of aromatic nitrogens is 2. The van der Waals surface area contributed by atoms with Crippen LogP contribution in [0.25, 0.3) is 10.9 Å². The summed E-state index contributed by atoms with van der Waals surface area (Å²) in [6.45, 7) is 0.253. The zero-order valence-electron chi connectivity index (χ0n) is 17.1. The highest BCUT2D eigenvalue weighted by atomic mass is 16.5. The average Bonchev–Trinajstić information content (AvgIpc) is 3.63. The van der Waals surface area contributed by atoms with Crippen LogP contribution in [0.1, 0.15) is 39.9 Å². The van der Waals surface area contributed by atoms with Crippen molar-refractivity contribution in [3.63, 3.8) is 0 Å². The topological polar surface area (TPSA) is 93.3 Å². The van der Waals surface area contributed by atoms with Gasteiger partial charge in [0.15, 0.2) is 0 Å². The van der Waals surface area contributed by atoms with Crippen molar-refractivity contribution in [2.24, 2.45) is 0 Å². The molecule has 2 unspecified atom stereocenters. The van der Waals surface area contributed by atoms with Gasteiger partial charge in [0.05, 0.1) is 17.4 Å². The average molecular weight is 427 g/mol. The molecule has 0 radical (unpaired) electrons. The van der Waals surface area contributed by atoms with Gasteiger partial charge in [0.2, 0.25) is 0 Å². The molecule has 1 aliphatic carbocycles. The van der Waals surface area contributed by atoms with Crippen LogP contribution in [0.3, 0.4) is 0 Å². The molecule has 1 fully saturated rings. The highest BCUT2D eigenvalue weighted by molar-refractivity contribution is 5.93. The second-order valence-electron chi connectivity index (χ2n) is 8.02. The first-order valence-corrected chi connectivity index (χ1v) is 10.4. The van der Waals surface area contributed by atoms with Crippen LogP contribution in [0.15, 0.2) is 88.5 Å². The Morgan fingerprint density at radius 1 is 0.938 bits per heavy atom. The number of nitrogens with one attached hydrogen (secondary N) is 1. The number of para-hydroxylation sites is 1. The van der Waals surface area contributed by atoms with Crippen LogP contribution in [0, 0.1) is 0 Å². The lowest BCUT2D eigenvalue weighted by Gasteiger charge is -2.14. The van der Waals surface area contributed by atoms with E-state index < -0.39 is 5.91 Å². The van der Waals surface area contributed by atoms with Gasteiger partial charge in [-0.05, 0) is 41.8 Å². The van der Waals surface area contributed by atoms with Crippen LogP contribution in [-0.2, 0) is 6.54 Å². The van der Waals surface area contributed by atoms with Crippen LogP contribution < -0.4 is 16.7 Å². The molecule has 1 saturated carbocycles. The van der Waals surface area contributed by atoms with Crippen LogP contribution in [0.5, 0.6) is 0 Å². The fourth-order valence-corrected chi connectivity index (χ4v) is 4.32. The summed E-state index contributed by atoms with van der Waals surface area (Å²) in [6.07, 6.45) is 0.752. The summed E-state index contributed by atoms with van der Waals surface area (Å²) in [5, 5.41) is 9.29. The number of benzene rings is 3. The van der Waals surface area contributed by atoms with E-state index in [0.717, 1.165) is 17.5 Å². The van der Waals surface area contributed by atoms with Gasteiger partial charge < -0.3 is 0 Å². The monoisotopic (exact) mass is 427 g/mol. The summed E-state index contributed by atoms with van der Waals surface area (Å²) in [5.74, 6) is -0.458. The molecule has 1 heterocycles. The summed E-state index contributed by atoms with van der Waals surface area (Å²) in [6, 6.07) is 23.5. The Balaban J connectivity index is 1.58. The Morgan fingerprint density at radius 2 is 1.62 bits per heavy atom. The maximum atomic E-state index is 13.5. The van der Waals surface area contributed by atoms with Crippen molar-refractivity contribution in [1.82, 2.24) is 14.6 Å². The normalized spacial score (nSPS) is 17.3. The van der Waals surface area contributed by atoms with Crippen molar-refractivity contribution in [3.8, 4) is 0 Å². The van der Waals surface area contributed by atoms with Gasteiger partial charge in [-0.1, -0.05) is 54.6 Å².